The molecule has 0 radical (unpaired) electrons. The van der Waals surface area contributed by atoms with Crippen molar-refractivity contribution in [2.45, 2.75) is 37.6 Å². The second-order valence-electron chi connectivity index (χ2n) is 6.76. The van der Waals surface area contributed by atoms with Crippen LogP contribution < -0.4 is 17.0 Å². The van der Waals surface area contributed by atoms with Gasteiger partial charge in [-0.2, -0.15) is 0 Å². The Morgan fingerprint density at radius 3 is 2.82 bits per heavy atom. The molecule has 0 spiro atoms. The fourth-order valence-electron chi connectivity index (χ4n) is 3.44. The number of nitrogens with one attached hydrogen (secondary N) is 1. The van der Waals surface area contributed by atoms with Crippen LogP contribution in [0.15, 0.2) is 14.6 Å². The zero-order chi connectivity index (χ0) is 20.0. The highest BCUT2D eigenvalue weighted by Crippen LogP contribution is 2.39. The predicted octanol–water partition coefficient (Wildman–Crippen LogP) is 1.82. The number of aromatic nitrogens is 4. The van der Waals surface area contributed by atoms with Crippen molar-refractivity contribution in [2.75, 3.05) is 11.5 Å². The number of thiophene rings is 1. The van der Waals surface area contributed by atoms with E-state index in [1.807, 2.05) is 6.92 Å². The molecule has 0 saturated heterocycles. The molecule has 0 fully saturated rings. The van der Waals surface area contributed by atoms with Crippen LogP contribution in [0.3, 0.4) is 0 Å². The van der Waals surface area contributed by atoms with Gasteiger partial charge in [-0.15, -0.1) is 11.3 Å². The van der Waals surface area contributed by atoms with Crippen molar-refractivity contribution in [3.63, 3.8) is 0 Å². The van der Waals surface area contributed by atoms with Crippen molar-refractivity contribution in [1.82, 2.24) is 19.5 Å². The number of aryl methyl sites for hydroxylation is 3. The second-order valence-corrected chi connectivity index (χ2v) is 8.81. The van der Waals surface area contributed by atoms with Crippen LogP contribution in [0.5, 0.6) is 0 Å². The minimum atomic E-state index is -0.761. The van der Waals surface area contributed by atoms with Crippen molar-refractivity contribution in [1.29, 1.82) is 0 Å². The summed E-state index contributed by atoms with van der Waals surface area (Å²) in [6, 6.07) is 0. The number of carbonyl (C=O) groups is 1. The Hall–Kier alpha value is -2.46. The number of carbonyl (C=O) groups excluding carboxylic acids is 1. The normalized spacial score (nSPS) is 13.6. The van der Waals surface area contributed by atoms with Crippen LogP contribution >= 0.6 is 23.1 Å². The van der Waals surface area contributed by atoms with Gasteiger partial charge in [0.15, 0.2) is 5.78 Å². The monoisotopic (exact) mass is 417 g/mol. The van der Waals surface area contributed by atoms with Gasteiger partial charge >= 0.3 is 5.69 Å². The molecule has 3 aromatic heterocycles. The highest BCUT2D eigenvalue weighted by molar-refractivity contribution is 8.00. The van der Waals surface area contributed by atoms with E-state index < -0.39 is 17.0 Å². The number of fused-ring (bicyclic) bond motifs is 3. The summed E-state index contributed by atoms with van der Waals surface area (Å²) in [5.41, 5.74) is 5.52. The van der Waals surface area contributed by atoms with E-state index in [0.29, 0.717) is 5.82 Å². The number of thioether (sulfide) groups is 1. The molecule has 0 aliphatic heterocycles. The van der Waals surface area contributed by atoms with Crippen molar-refractivity contribution in [2.24, 2.45) is 7.05 Å². The largest absolute Gasteiger partial charge is 0.384 e. The van der Waals surface area contributed by atoms with Gasteiger partial charge in [0.2, 0.25) is 0 Å². The van der Waals surface area contributed by atoms with E-state index in [0.717, 1.165) is 39.1 Å². The molecule has 1 aliphatic rings. The Balaban J connectivity index is 1.69. The van der Waals surface area contributed by atoms with E-state index in [1.54, 1.807) is 11.3 Å². The summed E-state index contributed by atoms with van der Waals surface area (Å²) >= 11 is 2.99. The quantitative estimate of drug-likeness (QED) is 0.377. The maximum Gasteiger partial charge on any atom is 0.329 e. The maximum absolute atomic E-state index is 12.7. The first-order chi connectivity index (χ1) is 13.4. The zero-order valence-corrected chi connectivity index (χ0v) is 17.1. The number of hydrogen-bond donors (Lipinski definition) is 2. The van der Waals surface area contributed by atoms with Crippen LogP contribution in [0.2, 0.25) is 0 Å². The van der Waals surface area contributed by atoms with Crippen LogP contribution in [0.25, 0.3) is 10.2 Å². The lowest BCUT2D eigenvalue weighted by atomic mass is 9.97. The number of hydrogen-bond acceptors (Lipinski definition) is 8. The molecule has 1 aliphatic carbocycles. The molecular formula is C18H19N5O3S2. The molecule has 3 N–H and O–H groups in total. The standard InChI is InChI=1S/C18H19N5O3S2/c1-8-20-16(12-9-5-3-4-6-11(9)28-17(12)21-8)27-7-10(24)13-14(19)23(2)18(26)22-15(13)25/h3-7,19H2,1-2H3,(H,22,25,26). The number of nitrogens with zero attached hydrogens (tertiary/aromatic N) is 3. The van der Waals surface area contributed by atoms with Gasteiger partial charge in [0, 0.05) is 17.3 Å². The molecule has 28 heavy (non-hydrogen) atoms. The van der Waals surface area contributed by atoms with E-state index in [9.17, 15) is 14.4 Å². The Kier molecular flexibility index (Phi) is 4.84. The first-order valence-electron chi connectivity index (χ1n) is 8.90. The average Bonchev–Trinajstić information content (AvgIpc) is 3.02. The van der Waals surface area contributed by atoms with Crippen LogP contribution in [-0.4, -0.2) is 31.1 Å². The first kappa shape index (κ1) is 18.9. The third-order valence-corrected chi connectivity index (χ3v) is 7.04. The van der Waals surface area contributed by atoms with Crippen molar-refractivity contribution in [3.05, 3.63) is 42.7 Å². The van der Waals surface area contributed by atoms with Gasteiger partial charge < -0.3 is 5.73 Å². The van der Waals surface area contributed by atoms with Gasteiger partial charge in [0.25, 0.3) is 5.56 Å². The molecule has 3 aromatic rings. The minimum Gasteiger partial charge on any atom is -0.384 e. The summed E-state index contributed by atoms with van der Waals surface area (Å²) < 4.78 is 1.06. The van der Waals surface area contributed by atoms with E-state index >= 15 is 0 Å². The molecule has 0 aromatic carbocycles. The van der Waals surface area contributed by atoms with Gasteiger partial charge in [-0.1, -0.05) is 11.8 Å². The maximum atomic E-state index is 12.7. The van der Waals surface area contributed by atoms with E-state index in [1.165, 1.54) is 35.7 Å². The van der Waals surface area contributed by atoms with E-state index in [2.05, 4.69) is 15.0 Å². The number of H-pyrrole nitrogens is 1. The molecule has 0 bridgehead atoms. The van der Waals surface area contributed by atoms with E-state index in [-0.39, 0.29) is 17.1 Å². The number of anilines is 1. The lowest BCUT2D eigenvalue weighted by Gasteiger charge is -2.12. The summed E-state index contributed by atoms with van der Waals surface area (Å²) in [6.45, 7) is 1.83. The zero-order valence-electron chi connectivity index (χ0n) is 15.5. The highest BCUT2D eigenvalue weighted by atomic mass is 32.2. The molecule has 10 heteroatoms. The van der Waals surface area contributed by atoms with Crippen molar-refractivity contribution < 1.29 is 4.79 Å². The SMILES string of the molecule is Cc1nc(SCC(=O)c2c(N)n(C)c(=O)[nH]c2=O)c2c3c(sc2n1)CCCC3. The number of aromatic amines is 1. The average molecular weight is 418 g/mol. The fourth-order valence-corrected chi connectivity index (χ4v) is 5.79. The molecule has 0 unspecified atom stereocenters. The van der Waals surface area contributed by atoms with Gasteiger partial charge in [-0.25, -0.2) is 14.8 Å². The predicted molar refractivity (Wildman–Crippen MR) is 111 cm³/mol. The Morgan fingerprint density at radius 2 is 2.04 bits per heavy atom. The number of ketones is 1. The highest BCUT2D eigenvalue weighted by Gasteiger charge is 2.23. The van der Waals surface area contributed by atoms with Gasteiger partial charge in [0.1, 0.15) is 27.1 Å². The summed E-state index contributed by atoms with van der Waals surface area (Å²) in [4.78, 5) is 49.9. The Morgan fingerprint density at radius 1 is 1.29 bits per heavy atom. The number of nitrogen functional groups attached to an aromatic ring is 1. The topological polar surface area (TPSA) is 124 Å². The lowest BCUT2D eigenvalue weighted by molar-refractivity contribution is 0.102. The molecular weight excluding hydrogens is 398 g/mol. The fraction of sp³-hybridized carbons (Fsp3) is 0.389. The lowest BCUT2D eigenvalue weighted by Crippen LogP contribution is -2.35. The minimum absolute atomic E-state index is 0.00164. The van der Waals surface area contributed by atoms with Crippen LogP contribution in [-0.2, 0) is 19.9 Å². The van der Waals surface area contributed by atoms with Crippen molar-refractivity contribution in [3.8, 4) is 0 Å². The molecule has 0 atom stereocenters. The third kappa shape index (κ3) is 3.16. The van der Waals surface area contributed by atoms with E-state index in [4.69, 9.17) is 5.73 Å². The molecule has 4 rings (SSSR count). The molecule has 0 amide bonds. The first-order valence-corrected chi connectivity index (χ1v) is 10.7. The molecule has 0 saturated carbocycles. The van der Waals surface area contributed by atoms with Gasteiger partial charge in [-0.3, -0.25) is 19.1 Å². The van der Waals surface area contributed by atoms with Gasteiger partial charge in [0.05, 0.1) is 5.75 Å². The Bertz CT molecular complexity index is 1220. The third-order valence-electron chi connectivity index (χ3n) is 4.88. The summed E-state index contributed by atoms with van der Waals surface area (Å²) in [5.74, 6) is 0.0893. The molecule has 8 nitrogen and oxygen atoms in total. The number of nitrogens with two attached hydrogens (primary N) is 1. The number of rotatable bonds is 4. The summed E-state index contributed by atoms with van der Waals surface area (Å²) in [7, 11) is 1.41. The number of Topliss-reactive ketones (excluding diaryl/α,β-unsaturated/α-hetero) is 1. The van der Waals surface area contributed by atoms with Crippen LogP contribution in [0, 0.1) is 6.92 Å². The summed E-state index contributed by atoms with van der Waals surface area (Å²) in [5, 5.41) is 1.79. The van der Waals surface area contributed by atoms with Gasteiger partial charge in [-0.05, 0) is 38.2 Å². The van der Waals surface area contributed by atoms with Crippen LogP contribution in [0.4, 0.5) is 5.82 Å². The second kappa shape index (κ2) is 7.17. The molecule has 146 valence electrons. The smallest absolute Gasteiger partial charge is 0.329 e. The van der Waals surface area contributed by atoms with Crippen LogP contribution in [0.1, 0.15) is 39.5 Å². The Labute approximate surface area is 168 Å². The van der Waals surface area contributed by atoms with Crippen molar-refractivity contribution >= 4 is 44.9 Å². The summed E-state index contributed by atoms with van der Waals surface area (Å²) in [6.07, 6.45) is 4.38. The molecule has 3 heterocycles.